The number of rotatable bonds is 1. The van der Waals surface area contributed by atoms with Crippen LogP contribution >= 0.6 is 0 Å². The molecule has 1 aliphatic carbocycles. The smallest absolute Gasteiger partial charge is 0.233 e. The normalized spacial score (nSPS) is 14.1. The third kappa shape index (κ3) is 1.69. The molecular formula is C19H13NO2. The molecule has 0 fully saturated rings. The van der Waals surface area contributed by atoms with Crippen LogP contribution in [0.2, 0.25) is 0 Å². The van der Waals surface area contributed by atoms with Crippen molar-refractivity contribution in [1.29, 1.82) is 0 Å². The summed E-state index contributed by atoms with van der Waals surface area (Å²) in [5.74, 6) is -0.906. The molecule has 0 saturated heterocycles. The van der Waals surface area contributed by atoms with Gasteiger partial charge in [0.1, 0.15) is 0 Å². The molecule has 0 radical (unpaired) electrons. The van der Waals surface area contributed by atoms with Crippen molar-refractivity contribution in [3.8, 4) is 0 Å². The molecular weight excluding hydrogens is 274 g/mol. The van der Waals surface area contributed by atoms with E-state index in [2.05, 4.69) is 6.07 Å². The summed E-state index contributed by atoms with van der Waals surface area (Å²) in [4.78, 5) is 24.1. The summed E-state index contributed by atoms with van der Waals surface area (Å²) < 4.78 is 1.99. The van der Waals surface area contributed by atoms with Gasteiger partial charge in [0.05, 0.1) is 11.2 Å². The molecule has 0 N–H and O–H groups in total. The first-order valence-electron chi connectivity index (χ1n) is 7.13. The van der Waals surface area contributed by atoms with Gasteiger partial charge >= 0.3 is 0 Å². The Kier molecular flexibility index (Phi) is 2.63. The number of Topliss-reactive ketones (excluding diaryl/α,β-unsaturated/α-hetero) is 1. The van der Waals surface area contributed by atoms with Crippen LogP contribution in [0.15, 0.2) is 60.8 Å². The maximum absolute atomic E-state index is 12.1. The van der Waals surface area contributed by atoms with E-state index in [1.165, 1.54) is 6.08 Å². The summed E-state index contributed by atoms with van der Waals surface area (Å²) in [6.07, 6.45) is 3.45. The topological polar surface area (TPSA) is 39.1 Å². The second-order valence-electron chi connectivity index (χ2n) is 5.47. The first-order chi connectivity index (χ1) is 10.7. The Morgan fingerprint density at radius 3 is 2.36 bits per heavy atom. The Labute approximate surface area is 127 Å². The van der Waals surface area contributed by atoms with Crippen molar-refractivity contribution < 1.29 is 9.59 Å². The summed E-state index contributed by atoms with van der Waals surface area (Å²) in [6, 6.07) is 15.3. The lowest BCUT2D eigenvalue weighted by atomic mass is 9.92. The number of benzene rings is 2. The van der Waals surface area contributed by atoms with Gasteiger partial charge in [-0.25, -0.2) is 0 Å². The molecule has 0 atom stereocenters. The highest BCUT2D eigenvalue weighted by molar-refractivity contribution is 6.50. The first kappa shape index (κ1) is 12.8. The summed E-state index contributed by atoms with van der Waals surface area (Å²) in [5.41, 5.74) is 4.19. The Bertz CT molecular complexity index is 976. The Hall–Kier alpha value is -2.94. The van der Waals surface area contributed by atoms with E-state index in [4.69, 9.17) is 0 Å². The van der Waals surface area contributed by atoms with Crippen LogP contribution < -0.4 is 0 Å². The molecule has 0 amide bonds. The number of carbonyl (C=O) groups is 2. The second-order valence-corrected chi connectivity index (χ2v) is 5.47. The minimum atomic E-state index is -0.468. The maximum atomic E-state index is 12.1. The fourth-order valence-electron chi connectivity index (χ4n) is 3.05. The number of fused-ring (bicyclic) bond motifs is 2. The van der Waals surface area contributed by atoms with Crippen LogP contribution in [0.25, 0.3) is 16.6 Å². The number of ketones is 2. The fraction of sp³-hybridized carbons (Fsp3) is 0.0526. The van der Waals surface area contributed by atoms with E-state index < -0.39 is 11.6 Å². The highest BCUT2D eigenvalue weighted by Crippen LogP contribution is 2.31. The largest absolute Gasteiger partial charge is 0.316 e. The van der Waals surface area contributed by atoms with Crippen molar-refractivity contribution >= 4 is 28.2 Å². The van der Waals surface area contributed by atoms with E-state index in [0.29, 0.717) is 5.56 Å². The minimum Gasteiger partial charge on any atom is -0.316 e. The molecule has 1 aliphatic rings. The fourth-order valence-corrected chi connectivity index (χ4v) is 3.05. The second kappa shape index (κ2) is 4.53. The zero-order chi connectivity index (χ0) is 15.3. The third-order valence-electron chi connectivity index (χ3n) is 4.11. The molecule has 22 heavy (non-hydrogen) atoms. The summed E-state index contributed by atoms with van der Waals surface area (Å²) in [5, 5.41) is 1.14. The third-order valence-corrected chi connectivity index (χ3v) is 4.11. The predicted molar refractivity (Wildman–Crippen MR) is 85.8 cm³/mol. The van der Waals surface area contributed by atoms with E-state index in [1.54, 1.807) is 12.1 Å². The summed E-state index contributed by atoms with van der Waals surface area (Å²) >= 11 is 0. The first-order valence-corrected chi connectivity index (χ1v) is 7.13. The monoisotopic (exact) mass is 287 g/mol. The summed E-state index contributed by atoms with van der Waals surface area (Å²) in [6.45, 7) is 2.04. The molecule has 1 heterocycles. The molecule has 2 aromatic carbocycles. The molecule has 0 bridgehead atoms. The molecule has 3 aromatic rings. The van der Waals surface area contributed by atoms with Crippen LogP contribution in [0.1, 0.15) is 21.5 Å². The average molecular weight is 287 g/mol. The van der Waals surface area contributed by atoms with E-state index >= 15 is 0 Å². The Morgan fingerprint density at radius 2 is 1.55 bits per heavy atom. The van der Waals surface area contributed by atoms with Crippen molar-refractivity contribution in [3.05, 3.63) is 77.5 Å². The minimum absolute atomic E-state index is 0.437. The Morgan fingerprint density at radius 1 is 0.864 bits per heavy atom. The highest BCUT2D eigenvalue weighted by atomic mass is 16.2. The van der Waals surface area contributed by atoms with E-state index in [1.807, 2.05) is 48.0 Å². The van der Waals surface area contributed by atoms with Gasteiger partial charge in [-0.05, 0) is 18.6 Å². The molecule has 4 rings (SSSR count). The van der Waals surface area contributed by atoms with Crippen LogP contribution in [0.3, 0.4) is 0 Å². The molecule has 106 valence electrons. The van der Waals surface area contributed by atoms with Crippen molar-refractivity contribution in [3.63, 3.8) is 0 Å². The SMILES string of the molecule is Cc1cn(C2=CC(=O)C(=O)c3ccccc32)c2ccccc12. The zero-order valence-corrected chi connectivity index (χ0v) is 12.0. The molecule has 3 heteroatoms. The quantitative estimate of drug-likeness (QED) is 0.641. The maximum Gasteiger partial charge on any atom is 0.233 e. The van der Waals surface area contributed by atoms with Gasteiger partial charge < -0.3 is 4.57 Å². The van der Waals surface area contributed by atoms with Gasteiger partial charge in [0, 0.05) is 28.8 Å². The van der Waals surface area contributed by atoms with Gasteiger partial charge in [-0.15, -0.1) is 0 Å². The Balaban J connectivity index is 2.04. The van der Waals surface area contributed by atoms with Crippen LogP contribution in [0, 0.1) is 6.92 Å². The number of allylic oxidation sites excluding steroid dienone is 1. The van der Waals surface area contributed by atoms with E-state index in [-0.39, 0.29) is 0 Å². The molecule has 0 aliphatic heterocycles. The number of nitrogens with zero attached hydrogens (tertiary/aromatic N) is 1. The highest BCUT2D eigenvalue weighted by Gasteiger charge is 2.26. The van der Waals surface area contributed by atoms with E-state index in [0.717, 1.165) is 27.7 Å². The average Bonchev–Trinajstić information content (AvgIpc) is 2.88. The number of carbonyl (C=O) groups excluding carboxylic acids is 2. The summed E-state index contributed by atoms with van der Waals surface area (Å²) in [7, 11) is 0. The van der Waals surface area contributed by atoms with Gasteiger partial charge in [-0.2, -0.15) is 0 Å². The molecule has 3 nitrogen and oxygen atoms in total. The van der Waals surface area contributed by atoms with Crippen molar-refractivity contribution in [2.24, 2.45) is 0 Å². The van der Waals surface area contributed by atoms with Gasteiger partial charge in [0.2, 0.25) is 11.6 Å². The van der Waals surface area contributed by atoms with Crippen LogP contribution in [-0.2, 0) is 4.79 Å². The lowest BCUT2D eigenvalue weighted by Gasteiger charge is -2.18. The number of hydrogen-bond donors (Lipinski definition) is 0. The predicted octanol–water partition coefficient (Wildman–Crippen LogP) is 3.60. The molecule has 0 unspecified atom stereocenters. The van der Waals surface area contributed by atoms with Crippen molar-refractivity contribution in [2.45, 2.75) is 6.92 Å². The lowest BCUT2D eigenvalue weighted by molar-refractivity contribution is -0.111. The number of hydrogen-bond acceptors (Lipinski definition) is 2. The standard InChI is InChI=1S/C19H13NO2/c1-12-11-20(16-9-5-4-6-13(12)16)17-10-18(21)19(22)15-8-3-2-7-14(15)17/h2-11H,1H3. The van der Waals surface area contributed by atoms with Gasteiger partial charge in [0.25, 0.3) is 0 Å². The molecule has 0 saturated carbocycles. The van der Waals surface area contributed by atoms with E-state index in [9.17, 15) is 9.59 Å². The lowest BCUT2D eigenvalue weighted by Crippen LogP contribution is -2.20. The zero-order valence-electron chi connectivity index (χ0n) is 12.0. The van der Waals surface area contributed by atoms with Crippen LogP contribution in [0.4, 0.5) is 0 Å². The van der Waals surface area contributed by atoms with Gasteiger partial charge in [0.15, 0.2) is 0 Å². The number of aryl methyl sites for hydroxylation is 1. The number of para-hydroxylation sites is 1. The van der Waals surface area contributed by atoms with Crippen LogP contribution in [-0.4, -0.2) is 16.1 Å². The number of aromatic nitrogens is 1. The van der Waals surface area contributed by atoms with Gasteiger partial charge in [-0.1, -0.05) is 42.5 Å². The van der Waals surface area contributed by atoms with Gasteiger partial charge in [-0.3, -0.25) is 9.59 Å². The van der Waals surface area contributed by atoms with Crippen molar-refractivity contribution in [1.82, 2.24) is 4.57 Å². The van der Waals surface area contributed by atoms with Crippen molar-refractivity contribution in [2.75, 3.05) is 0 Å². The molecule has 1 aromatic heterocycles. The van der Waals surface area contributed by atoms with Crippen LogP contribution in [0.5, 0.6) is 0 Å². The molecule has 0 spiro atoms.